The summed E-state index contributed by atoms with van der Waals surface area (Å²) in [7, 11) is 0. The van der Waals surface area contributed by atoms with Crippen LogP contribution in [0.3, 0.4) is 0 Å². The van der Waals surface area contributed by atoms with Gasteiger partial charge in [0, 0.05) is 5.75 Å². The molecule has 0 aromatic heterocycles. The minimum atomic E-state index is -0.287. The van der Waals surface area contributed by atoms with Crippen LogP contribution in [0.1, 0.15) is 5.56 Å². The lowest BCUT2D eigenvalue weighted by Crippen LogP contribution is -2.00. The van der Waals surface area contributed by atoms with E-state index in [1.165, 1.54) is 29.5 Å². The van der Waals surface area contributed by atoms with E-state index in [9.17, 15) is 4.39 Å². The second kappa shape index (κ2) is 6.52. The van der Waals surface area contributed by atoms with Crippen molar-refractivity contribution in [3.8, 4) is 5.75 Å². The number of hydrogen-bond acceptors (Lipinski definition) is 3. The molecule has 0 bridgehead atoms. The molecule has 2 aromatic rings. The van der Waals surface area contributed by atoms with Crippen molar-refractivity contribution in [3.05, 3.63) is 66.0 Å². The third-order valence-electron chi connectivity index (χ3n) is 2.21. The monoisotopic (exact) mass is 278 g/mol. The van der Waals surface area contributed by atoms with Gasteiger partial charge in [-0.1, -0.05) is 42.1 Å². The van der Waals surface area contributed by atoms with Crippen LogP contribution in [0, 0.1) is 5.82 Å². The molecule has 18 heavy (non-hydrogen) atoms. The highest BCUT2D eigenvalue weighted by atomic mass is 32.2. The van der Waals surface area contributed by atoms with Gasteiger partial charge in [0.15, 0.2) is 0 Å². The van der Waals surface area contributed by atoms with E-state index in [-0.39, 0.29) is 5.82 Å². The van der Waals surface area contributed by atoms with Crippen LogP contribution in [-0.4, -0.2) is 4.38 Å². The van der Waals surface area contributed by atoms with Crippen LogP contribution in [0.5, 0.6) is 5.75 Å². The summed E-state index contributed by atoms with van der Waals surface area (Å²) in [5.41, 5.74) is 1.19. The van der Waals surface area contributed by atoms with Crippen LogP contribution in [0.4, 0.5) is 4.39 Å². The van der Waals surface area contributed by atoms with Gasteiger partial charge in [-0.3, -0.25) is 0 Å². The minimum Gasteiger partial charge on any atom is -0.440 e. The third-order valence-corrected chi connectivity index (χ3v) is 3.45. The summed E-state index contributed by atoms with van der Waals surface area (Å²) < 4.78 is 18.6. The fourth-order valence-corrected chi connectivity index (χ4v) is 2.25. The Bertz CT molecular complexity index is 511. The van der Waals surface area contributed by atoms with E-state index in [0.717, 1.165) is 5.75 Å². The van der Waals surface area contributed by atoms with Gasteiger partial charge in [-0.15, -0.1) is 0 Å². The van der Waals surface area contributed by atoms with Gasteiger partial charge in [0.05, 0.1) is 0 Å². The molecule has 0 saturated heterocycles. The first-order chi connectivity index (χ1) is 8.74. The molecule has 2 aromatic carbocycles. The van der Waals surface area contributed by atoms with Gasteiger partial charge in [0.2, 0.25) is 4.38 Å². The van der Waals surface area contributed by atoms with E-state index in [1.807, 2.05) is 30.3 Å². The second-order valence-corrected chi connectivity index (χ2v) is 5.16. The minimum absolute atomic E-state index is 0.287. The summed E-state index contributed by atoms with van der Waals surface area (Å²) in [6.45, 7) is 0. The van der Waals surface area contributed by atoms with Crippen molar-refractivity contribution < 1.29 is 9.13 Å². The van der Waals surface area contributed by atoms with Crippen molar-refractivity contribution in [2.24, 2.45) is 0 Å². The molecule has 0 amide bonds. The first-order valence-corrected chi connectivity index (χ1v) is 6.77. The van der Waals surface area contributed by atoms with Crippen LogP contribution in [0.25, 0.3) is 0 Å². The Kier molecular flexibility index (Phi) is 4.73. The molecule has 92 valence electrons. The lowest BCUT2D eigenvalue weighted by Gasteiger charge is -2.06. The maximum atomic E-state index is 12.7. The highest BCUT2D eigenvalue weighted by Gasteiger charge is 2.02. The van der Waals surface area contributed by atoms with E-state index in [1.54, 1.807) is 12.1 Å². The second-order valence-electron chi connectivity index (χ2n) is 3.58. The largest absolute Gasteiger partial charge is 0.440 e. The lowest BCUT2D eigenvalue weighted by molar-refractivity contribution is 0.571. The van der Waals surface area contributed by atoms with E-state index < -0.39 is 0 Å². The Morgan fingerprint density at radius 1 is 1.06 bits per heavy atom. The van der Waals surface area contributed by atoms with Crippen molar-refractivity contribution in [1.82, 2.24) is 0 Å². The third kappa shape index (κ3) is 4.13. The molecule has 0 aliphatic carbocycles. The van der Waals surface area contributed by atoms with Gasteiger partial charge in [0.1, 0.15) is 11.6 Å². The SMILES string of the molecule is Fc1ccc(OC(=S)SCc2ccccc2)cc1. The smallest absolute Gasteiger partial charge is 0.226 e. The van der Waals surface area contributed by atoms with Gasteiger partial charge in [-0.2, -0.15) is 0 Å². The molecule has 1 nitrogen and oxygen atoms in total. The van der Waals surface area contributed by atoms with Crippen LogP contribution in [-0.2, 0) is 5.75 Å². The quantitative estimate of drug-likeness (QED) is 0.769. The lowest BCUT2D eigenvalue weighted by atomic mass is 10.2. The summed E-state index contributed by atoms with van der Waals surface area (Å²) in [5.74, 6) is 1.04. The maximum absolute atomic E-state index is 12.7. The summed E-state index contributed by atoms with van der Waals surface area (Å²) in [6, 6.07) is 15.8. The van der Waals surface area contributed by atoms with Crippen LogP contribution >= 0.6 is 24.0 Å². The number of thiocarbonyl (C=S) groups is 1. The highest BCUT2D eigenvalue weighted by Crippen LogP contribution is 2.18. The average Bonchev–Trinajstić information content (AvgIpc) is 2.40. The molecule has 0 heterocycles. The first-order valence-electron chi connectivity index (χ1n) is 5.38. The van der Waals surface area contributed by atoms with E-state index in [4.69, 9.17) is 17.0 Å². The van der Waals surface area contributed by atoms with Crippen molar-refractivity contribution in [1.29, 1.82) is 0 Å². The van der Waals surface area contributed by atoms with Crippen LogP contribution < -0.4 is 4.74 Å². The fourth-order valence-electron chi connectivity index (χ4n) is 1.34. The topological polar surface area (TPSA) is 9.23 Å². The molecule has 4 heteroatoms. The van der Waals surface area contributed by atoms with Gasteiger partial charge in [-0.25, -0.2) is 4.39 Å². The van der Waals surface area contributed by atoms with Crippen molar-refractivity contribution in [3.63, 3.8) is 0 Å². The molecule has 0 aliphatic rings. The Hall–Kier alpha value is -1.39. The summed E-state index contributed by atoms with van der Waals surface area (Å²) >= 11 is 6.56. The van der Waals surface area contributed by atoms with E-state index in [2.05, 4.69) is 0 Å². The Morgan fingerprint density at radius 3 is 2.39 bits per heavy atom. The standard InChI is InChI=1S/C14H11FOS2/c15-12-6-8-13(9-7-12)16-14(17)18-10-11-4-2-1-3-5-11/h1-9H,10H2. The van der Waals surface area contributed by atoms with Crippen LogP contribution in [0.15, 0.2) is 54.6 Å². The average molecular weight is 278 g/mol. The number of ether oxygens (including phenoxy) is 1. The highest BCUT2D eigenvalue weighted by molar-refractivity contribution is 8.22. The zero-order valence-corrected chi connectivity index (χ0v) is 11.1. The van der Waals surface area contributed by atoms with Crippen molar-refractivity contribution >= 4 is 28.4 Å². The van der Waals surface area contributed by atoms with Gasteiger partial charge in [-0.05, 0) is 42.0 Å². The molecule has 0 N–H and O–H groups in total. The fraction of sp³-hybridized carbons (Fsp3) is 0.0714. The Balaban J connectivity index is 1.84. The summed E-state index contributed by atoms with van der Waals surface area (Å²) in [5, 5.41) is 0. The molecule has 0 spiro atoms. The molecule has 0 unspecified atom stereocenters. The molecular formula is C14H11FOS2. The van der Waals surface area contributed by atoms with E-state index >= 15 is 0 Å². The predicted molar refractivity (Wildman–Crippen MR) is 77.4 cm³/mol. The number of rotatable bonds is 3. The zero-order chi connectivity index (χ0) is 12.8. The van der Waals surface area contributed by atoms with Gasteiger partial charge < -0.3 is 4.74 Å². The molecule has 0 aliphatic heterocycles. The summed E-state index contributed by atoms with van der Waals surface area (Å²) in [4.78, 5) is 0. The summed E-state index contributed by atoms with van der Waals surface area (Å²) in [6.07, 6.45) is 0. The maximum Gasteiger partial charge on any atom is 0.226 e. The van der Waals surface area contributed by atoms with E-state index in [0.29, 0.717) is 10.1 Å². The van der Waals surface area contributed by atoms with Crippen molar-refractivity contribution in [2.75, 3.05) is 0 Å². The van der Waals surface area contributed by atoms with Crippen molar-refractivity contribution in [2.45, 2.75) is 5.75 Å². The van der Waals surface area contributed by atoms with Crippen LogP contribution in [0.2, 0.25) is 0 Å². The molecule has 2 rings (SSSR count). The number of thioether (sulfide) groups is 1. The van der Waals surface area contributed by atoms with Gasteiger partial charge in [0.25, 0.3) is 0 Å². The molecule has 0 atom stereocenters. The molecular weight excluding hydrogens is 267 g/mol. The van der Waals surface area contributed by atoms with Gasteiger partial charge >= 0.3 is 0 Å². The molecule has 0 fully saturated rings. The normalized spacial score (nSPS) is 10.1. The zero-order valence-electron chi connectivity index (χ0n) is 9.51. The molecule has 0 saturated carbocycles. The first kappa shape index (κ1) is 13.1. The number of halogens is 1. The number of hydrogen-bond donors (Lipinski definition) is 0. The Labute approximate surface area is 115 Å². The number of benzene rings is 2. The predicted octanol–water partition coefficient (Wildman–Crippen LogP) is 4.42. The Morgan fingerprint density at radius 2 is 1.72 bits per heavy atom. The molecule has 0 radical (unpaired) electrons.